The molecule has 0 spiro atoms. The molecule has 124 valence electrons. The Bertz CT molecular complexity index is 1110. The molecule has 0 atom stereocenters. The second-order valence-corrected chi connectivity index (χ2v) is 7.54. The van der Waals surface area contributed by atoms with Crippen LogP contribution in [0.5, 0.6) is 0 Å². The molecular formula is C19H14ClN3OS. The first-order valence-electron chi connectivity index (χ1n) is 7.76. The van der Waals surface area contributed by atoms with Crippen molar-refractivity contribution < 1.29 is 4.79 Å². The molecule has 0 N–H and O–H groups in total. The maximum absolute atomic E-state index is 13.1. The van der Waals surface area contributed by atoms with E-state index in [4.69, 9.17) is 16.6 Å². The highest BCUT2D eigenvalue weighted by Crippen LogP contribution is 2.32. The van der Waals surface area contributed by atoms with Gasteiger partial charge in [0, 0.05) is 11.1 Å². The molecule has 3 heterocycles. The lowest BCUT2D eigenvalue weighted by Crippen LogP contribution is -2.16. The average Bonchev–Trinajstić information content (AvgIpc) is 3.18. The minimum absolute atomic E-state index is 0.159. The van der Waals surface area contributed by atoms with E-state index < -0.39 is 0 Å². The van der Waals surface area contributed by atoms with E-state index in [9.17, 15) is 4.79 Å². The van der Waals surface area contributed by atoms with Crippen LogP contribution < -0.4 is 0 Å². The quantitative estimate of drug-likeness (QED) is 0.494. The van der Waals surface area contributed by atoms with Crippen molar-refractivity contribution in [3.63, 3.8) is 0 Å². The summed E-state index contributed by atoms with van der Waals surface area (Å²) >= 11 is 7.50. The van der Waals surface area contributed by atoms with E-state index >= 15 is 0 Å². The number of carbonyl (C=O) groups excluding carboxylic acids is 1. The van der Waals surface area contributed by atoms with E-state index in [1.807, 2.05) is 62.4 Å². The lowest BCUT2D eigenvalue weighted by molar-refractivity contribution is 0.0944. The van der Waals surface area contributed by atoms with E-state index in [1.54, 1.807) is 0 Å². The zero-order chi connectivity index (χ0) is 17.6. The summed E-state index contributed by atoms with van der Waals surface area (Å²) < 4.78 is 2.14. The topological polar surface area (TPSA) is 47.8 Å². The molecule has 0 saturated heterocycles. The van der Waals surface area contributed by atoms with Crippen molar-refractivity contribution in [3.05, 3.63) is 69.8 Å². The molecule has 25 heavy (non-hydrogen) atoms. The predicted molar refractivity (Wildman–Crippen MR) is 101 cm³/mol. The van der Waals surface area contributed by atoms with Crippen LogP contribution >= 0.6 is 22.9 Å². The van der Waals surface area contributed by atoms with Crippen molar-refractivity contribution in [2.75, 3.05) is 0 Å². The van der Waals surface area contributed by atoms with Gasteiger partial charge in [-0.2, -0.15) is 5.10 Å². The second-order valence-electron chi connectivity index (χ2n) is 5.82. The van der Waals surface area contributed by atoms with Crippen LogP contribution in [0.2, 0.25) is 4.34 Å². The number of aryl methyl sites for hydroxylation is 2. The Balaban J connectivity index is 1.95. The van der Waals surface area contributed by atoms with Crippen molar-refractivity contribution in [2.24, 2.45) is 0 Å². The van der Waals surface area contributed by atoms with E-state index in [2.05, 4.69) is 5.10 Å². The van der Waals surface area contributed by atoms with Crippen LogP contribution in [0, 0.1) is 13.8 Å². The molecule has 0 fully saturated rings. The van der Waals surface area contributed by atoms with Crippen LogP contribution in [0.3, 0.4) is 0 Å². The normalized spacial score (nSPS) is 11.2. The number of thiophene rings is 1. The van der Waals surface area contributed by atoms with Crippen LogP contribution in [0.15, 0.2) is 48.5 Å². The zero-order valence-electron chi connectivity index (χ0n) is 13.7. The largest absolute Gasteiger partial charge is 0.279 e. The van der Waals surface area contributed by atoms with Gasteiger partial charge in [-0.3, -0.25) is 4.79 Å². The molecule has 3 aromatic heterocycles. The first-order chi connectivity index (χ1) is 12.0. The number of pyridine rings is 1. The van der Waals surface area contributed by atoms with Gasteiger partial charge in [0.25, 0.3) is 5.91 Å². The standard InChI is InChI=1S/C19H14ClN3OS/c1-11-9-12(2)23(22-11)19(24)14-10-16(17-7-8-18(20)25-17)21-15-6-4-3-5-13(14)15/h3-10H,1-2H3. The van der Waals surface area contributed by atoms with Gasteiger partial charge in [-0.1, -0.05) is 29.8 Å². The van der Waals surface area contributed by atoms with Gasteiger partial charge in [0.1, 0.15) is 0 Å². The average molecular weight is 368 g/mol. The summed E-state index contributed by atoms with van der Waals surface area (Å²) in [5, 5.41) is 5.14. The van der Waals surface area contributed by atoms with Gasteiger partial charge in [-0.05, 0) is 44.2 Å². The molecule has 0 aliphatic carbocycles. The summed E-state index contributed by atoms with van der Waals surface area (Å²) in [6.45, 7) is 3.75. The highest BCUT2D eigenvalue weighted by Gasteiger charge is 2.18. The number of benzene rings is 1. The Hall–Kier alpha value is -2.50. The molecule has 0 bridgehead atoms. The van der Waals surface area contributed by atoms with E-state index in [-0.39, 0.29) is 5.91 Å². The molecule has 0 radical (unpaired) electrons. The van der Waals surface area contributed by atoms with Crippen LogP contribution in [-0.4, -0.2) is 20.7 Å². The van der Waals surface area contributed by atoms with Gasteiger partial charge >= 0.3 is 0 Å². The first-order valence-corrected chi connectivity index (χ1v) is 8.96. The zero-order valence-corrected chi connectivity index (χ0v) is 15.2. The number of aromatic nitrogens is 3. The first kappa shape index (κ1) is 16.0. The number of hydrogen-bond acceptors (Lipinski definition) is 4. The number of carbonyl (C=O) groups is 1. The molecule has 0 aliphatic rings. The maximum Gasteiger partial charge on any atom is 0.279 e. The number of fused-ring (bicyclic) bond motifs is 1. The molecule has 4 aromatic rings. The molecule has 4 rings (SSSR count). The molecule has 0 saturated carbocycles. The van der Waals surface area contributed by atoms with E-state index in [0.717, 1.165) is 32.9 Å². The second kappa shape index (κ2) is 6.10. The molecule has 0 aliphatic heterocycles. The molecule has 1 aromatic carbocycles. The number of rotatable bonds is 2. The van der Waals surface area contributed by atoms with Crippen molar-refractivity contribution >= 4 is 39.7 Å². The summed E-state index contributed by atoms with van der Waals surface area (Å²) in [6.07, 6.45) is 0. The van der Waals surface area contributed by atoms with E-state index in [0.29, 0.717) is 9.90 Å². The fourth-order valence-corrected chi connectivity index (χ4v) is 3.88. The lowest BCUT2D eigenvalue weighted by Gasteiger charge is -2.09. The summed E-state index contributed by atoms with van der Waals surface area (Å²) in [5.74, 6) is -0.159. The number of nitrogens with zero attached hydrogens (tertiary/aromatic N) is 3. The Morgan fingerprint density at radius 3 is 2.60 bits per heavy atom. The van der Waals surface area contributed by atoms with Crippen molar-refractivity contribution in [3.8, 4) is 10.6 Å². The third-order valence-corrected chi connectivity index (χ3v) is 5.23. The number of hydrogen-bond donors (Lipinski definition) is 0. The highest BCUT2D eigenvalue weighted by atomic mass is 35.5. The Morgan fingerprint density at radius 1 is 1.12 bits per heavy atom. The van der Waals surface area contributed by atoms with Gasteiger partial charge in [-0.25, -0.2) is 9.67 Å². The predicted octanol–water partition coefficient (Wildman–Crippen LogP) is 5.12. The fraction of sp³-hybridized carbons (Fsp3) is 0.105. The Morgan fingerprint density at radius 2 is 1.92 bits per heavy atom. The Labute approximate surface area is 153 Å². The molecular weight excluding hydrogens is 354 g/mol. The molecule has 4 nitrogen and oxygen atoms in total. The third kappa shape index (κ3) is 2.86. The van der Waals surface area contributed by atoms with Crippen LogP contribution in [-0.2, 0) is 0 Å². The molecule has 0 unspecified atom stereocenters. The van der Waals surface area contributed by atoms with E-state index in [1.165, 1.54) is 16.0 Å². The van der Waals surface area contributed by atoms with Crippen LogP contribution in [0.25, 0.3) is 21.5 Å². The summed E-state index contributed by atoms with van der Waals surface area (Å²) in [4.78, 5) is 18.8. The summed E-state index contributed by atoms with van der Waals surface area (Å²) in [6, 6.07) is 15.1. The lowest BCUT2D eigenvalue weighted by atomic mass is 10.1. The summed E-state index contributed by atoms with van der Waals surface area (Å²) in [7, 11) is 0. The van der Waals surface area contributed by atoms with Gasteiger partial charge in [-0.15, -0.1) is 11.3 Å². The smallest absolute Gasteiger partial charge is 0.267 e. The van der Waals surface area contributed by atoms with Crippen molar-refractivity contribution in [2.45, 2.75) is 13.8 Å². The highest BCUT2D eigenvalue weighted by molar-refractivity contribution is 7.19. The summed E-state index contributed by atoms with van der Waals surface area (Å²) in [5.41, 5.74) is 3.71. The van der Waals surface area contributed by atoms with Gasteiger partial charge < -0.3 is 0 Å². The van der Waals surface area contributed by atoms with Gasteiger partial charge in [0.15, 0.2) is 0 Å². The van der Waals surface area contributed by atoms with Gasteiger partial charge in [0.05, 0.1) is 31.7 Å². The minimum Gasteiger partial charge on any atom is -0.267 e. The third-order valence-electron chi connectivity index (χ3n) is 3.97. The number of halogens is 1. The van der Waals surface area contributed by atoms with Crippen LogP contribution in [0.4, 0.5) is 0 Å². The Kier molecular flexibility index (Phi) is 3.90. The molecule has 6 heteroatoms. The minimum atomic E-state index is -0.159. The maximum atomic E-state index is 13.1. The van der Waals surface area contributed by atoms with Gasteiger partial charge in [0.2, 0.25) is 0 Å². The number of para-hydroxylation sites is 1. The fourth-order valence-electron chi connectivity index (χ4n) is 2.88. The molecule has 0 amide bonds. The van der Waals surface area contributed by atoms with Crippen LogP contribution in [0.1, 0.15) is 21.7 Å². The van der Waals surface area contributed by atoms with Crippen molar-refractivity contribution in [1.82, 2.24) is 14.8 Å². The van der Waals surface area contributed by atoms with Crippen molar-refractivity contribution in [1.29, 1.82) is 0 Å². The SMILES string of the molecule is Cc1cc(C)n(C(=O)c2cc(-c3ccc(Cl)s3)nc3ccccc23)n1. The monoisotopic (exact) mass is 367 g/mol.